The van der Waals surface area contributed by atoms with Gasteiger partial charge in [-0.2, -0.15) is 0 Å². The molecule has 3 heteroatoms. The van der Waals surface area contributed by atoms with Gasteiger partial charge in [-0.1, -0.05) is 43.7 Å². The molecule has 86 valence electrons. The third kappa shape index (κ3) is 2.03. The van der Waals surface area contributed by atoms with Crippen LogP contribution in [-0.4, -0.2) is 12.7 Å². The number of benzene rings is 1. The van der Waals surface area contributed by atoms with Gasteiger partial charge in [-0.3, -0.25) is 0 Å². The highest BCUT2D eigenvalue weighted by atomic mass is 16.6. The van der Waals surface area contributed by atoms with Crippen LogP contribution in [0.25, 0.3) is 0 Å². The smallest absolute Gasteiger partial charge is 0.407 e. The van der Waals surface area contributed by atoms with Crippen LogP contribution < -0.4 is 5.32 Å². The van der Waals surface area contributed by atoms with Crippen molar-refractivity contribution in [2.75, 3.05) is 6.61 Å². The number of hydrogen-bond donors (Lipinski definition) is 1. The monoisotopic (exact) mass is 219 g/mol. The standard InChI is InChI=1S/C13H17NO2/c1-9-5-4-6-10(7-9)11-13(2,3)8-16-12(15)14-11/h4-7,11H,8H2,1-3H3,(H,14,15)/t11-/m0/s1. The molecule has 0 aliphatic carbocycles. The number of carbonyl (C=O) groups is 1. The Kier molecular flexibility index (Phi) is 2.62. The Labute approximate surface area is 95.8 Å². The number of amides is 1. The SMILES string of the molecule is Cc1cccc([C@@H]2NC(=O)OCC2(C)C)c1. The molecule has 16 heavy (non-hydrogen) atoms. The zero-order chi connectivity index (χ0) is 11.8. The van der Waals surface area contributed by atoms with E-state index in [0.29, 0.717) is 6.61 Å². The van der Waals surface area contributed by atoms with Gasteiger partial charge in [0.1, 0.15) is 6.61 Å². The van der Waals surface area contributed by atoms with E-state index >= 15 is 0 Å². The van der Waals surface area contributed by atoms with Gasteiger partial charge in [-0.05, 0) is 12.5 Å². The second-order valence-electron chi connectivity index (χ2n) is 5.06. The Morgan fingerprint density at radius 2 is 2.19 bits per heavy atom. The number of alkyl carbamates (subject to hydrolysis) is 1. The van der Waals surface area contributed by atoms with Gasteiger partial charge in [-0.15, -0.1) is 0 Å². The Morgan fingerprint density at radius 3 is 2.88 bits per heavy atom. The fourth-order valence-electron chi connectivity index (χ4n) is 2.07. The molecule has 1 aromatic carbocycles. The van der Waals surface area contributed by atoms with Crippen LogP contribution in [0.15, 0.2) is 24.3 Å². The minimum Gasteiger partial charge on any atom is -0.449 e. The van der Waals surface area contributed by atoms with Crippen molar-refractivity contribution in [3.05, 3.63) is 35.4 Å². The van der Waals surface area contributed by atoms with Crippen LogP contribution in [0.2, 0.25) is 0 Å². The van der Waals surface area contributed by atoms with Crippen LogP contribution in [0.4, 0.5) is 4.79 Å². The van der Waals surface area contributed by atoms with E-state index in [9.17, 15) is 4.79 Å². The molecule has 1 aliphatic rings. The maximum absolute atomic E-state index is 11.3. The predicted molar refractivity (Wildman–Crippen MR) is 62.2 cm³/mol. The van der Waals surface area contributed by atoms with E-state index in [1.807, 2.05) is 12.1 Å². The molecule has 1 N–H and O–H groups in total. The van der Waals surface area contributed by atoms with E-state index in [4.69, 9.17) is 4.74 Å². The summed E-state index contributed by atoms with van der Waals surface area (Å²) in [5.41, 5.74) is 2.26. The zero-order valence-corrected chi connectivity index (χ0v) is 9.91. The first-order valence-electron chi connectivity index (χ1n) is 5.49. The van der Waals surface area contributed by atoms with Crippen LogP contribution >= 0.6 is 0 Å². The lowest BCUT2D eigenvalue weighted by molar-refractivity contribution is 0.0387. The molecule has 0 bridgehead atoms. The molecule has 2 rings (SSSR count). The number of nitrogens with one attached hydrogen (secondary N) is 1. The van der Waals surface area contributed by atoms with Gasteiger partial charge >= 0.3 is 6.09 Å². The Bertz CT molecular complexity index is 412. The van der Waals surface area contributed by atoms with Crippen LogP contribution in [0.1, 0.15) is 31.0 Å². The van der Waals surface area contributed by atoms with Crippen molar-refractivity contribution in [1.29, 1.82) is 0 Å². The summed E-state index contributed by atoms with van der Waals surface area (Å²) < 4.78 is 5.03. The second kappa shape index (κ2) is 3.81. The average molecular weight is 219 g/mol. The summed E-state index contributed by atoms with van der Waals surface area (Å²) in [6.45, 7) is 6.70. The van der Waals surface area contributed by atoms with E-state index < -0.39 is 0 Å². The molecule has 1 amide bonds. The van der Waals surface area contributed by atoms with Crippen molar-refractivity contribution in [3.63, 3.8) is 0 Å². The highest BCUT2D eigenvalue weighted by molar-refractivity contribution is 5.69. The van der Waals surface area contributed by atoms with Crippen LogP contribution in [-0.2, 0) is 4.74 Å². The lowest BCUT2D eigenvalue weighted by Crippen LogP contribution is -2.46. The van der Waals surface area contributed by atoms with Gasteiger partial charge in [0.2, 0.25) is 0 Å². The fraction of sp³-hybridized carbons (Fsp3) is 0.462. The molecule has 0 aromatic heterocycles. The quantitative estimate of drug-likeness (QED) is 0.788. The molecule has 1 heterocycles. The molecule has 1 fully saturated rings. The van der Waals surface area contributed by atoms with E-state index in [-0.39, 0.29) is 17.6 Å². The summed E-state index contributed by atoms with van der Waals surface area (Å²) in [4.78, 5) is 11.3. The molecule has 1 atom stereocenters. The Balaban J connectivity index is 2.33. The molecule has 0 unspecified atom stereocenters. The summed E-state index contributed by atoms with van der Waals surface area (Å²) >= 11 is 0. The van der Waals surface area contributed by atoms with E-state index in [0.717, 1.165) is 5.56 Å². The third-order valence-corrected chi connectivity index (χ3v) is 2.99. The molecular weight excluding hydrogens is 202 g/mol. The van der Waals surface area contributed by atoms with Gasteiger partial charge in [0.05, 0.1) is 6.04 Å². The molecule has 1 saturated heterocycles. The van der Waals surface area contributed by atoms with Crippen molar-refractivity contribution in [3.8, 4) is 0 Å². The number of aryl methyl sites for hydroxylation is 1. The number of rotatable bonds is 1. The summed E-state index contributed by atoms with van der Waals surface area (Å²) in [6, 6.07) is 8.25. The summed E-state index contributed by atoms with van der Waals surface area (Å²) in [6.07, 6.45) is -0.328. The lowest BCUT2D eigenvalue weighted by Gasteiger charge is -2.38. The summed E-state index contributed by atoms with van der Waals surface area (Å²) in [7, 11) is 0. The first-order valence-corrected chi connectivity index (χ1v) is 5.49. The summed E-state index contributed by atoms with van der Waals surface area (Å²) in [5.74, 6) is 0. The number of hydrogen-bond acceptors (Lipinski definition) is 2. The van der Waals surface area contributed by atoms with Crippen molar-refractivity contribution >= 4 is 6.09 Å². The first-order chi connectivity index (χ1) is 7.49. The lowest BCUT2D eigenvalue weighted by atomic mass is 9.80. The maximum atomic E-state index is 11.3. The van der Waals surface area contributed by atoms with Gasteiger partial charge in [0.15, 0.2) is 0 Å². The minimum atomic E-state index is -0.328. The molecule has 0 saturated carbocycles. The van der Waals surface area contributed by atoms with Gasteiger partial charge < -0.3 is 10.1 Å². The Morgan fingerprint density at radius 1 is 1.44 bits per heavy atom. The fourth-order valence-corrected chi connectivity index (χ4v) is 2.07. The number of ether oxygens (including phenoxy) is 1. The van der Waals surface area contributed by atoms with Crippen molar-refractivity contribution < 1.29 is 9.53 Å². The molecule has 0 spiro atoms. The minimum absolute atomic E-state index is 0.0219. The normalized spacial score (nSPS) is 23.4. The molecule has 0 radical (unpaired) electrons. The van der Waals surface area contributed by atoms with Crippen LogP contribution in [0, 0.1) is 12.3 Å². The molecule has 1 aliphatic heterocycles. The topological polar surface area (TPSA) is 38.3 Å². The van der Waals surface area contributed by atoms with Gasteiger partial charge in [0.25, 0.3) is 0 Å². The van der Waals surface area contributed by atoms with Gasteiger partial charge in [-0.25, -0.2) is 4.79 Å². The Hall–Kier alpha value is -1.51. The predicted octanol–water partition coefficient (Wildman–Crippen LogP) is 2.80. The third-order valence-electron chi connectivity index (χ3n) is 2.99. The van der Waals surface area contributed by atoms with Crippen LogP contribution in [0.3, 0.4) is 0 Å². The highest BCUT2D eigenvalue weighted by Crippen LogP contribution is 2.36. The molecule has 3 nitrogen and oxygen atoms in total. The average Bonchev–Trinajstić information content (AvgIpc) is 2.22. The first kappa shape index (κ1) is 11.0. The van der Waals surface area contributed by atoms with E-state index in [1.54, 1.807) is 0 Å². The second-order valence-corrected chi connectivity index (χ2v) is 5.06. The summed E-state index contributed by atoms with van der Waals surface area (Å²) in [5, 5.41) is 2.89. The molecular formula is C13H17NO2. The maximum Gasteiger partial charge on any atom is 0.407 e. The van der Waals surface area contributed by atoms with Crippen LogP contribution in [0.5, 0.6) is 0 Å². The zero-order valence-electron chi connectivity index (χ0n) is 9.91. The van der Waals surface area contributed by atoms with E-state index in [2.05, 4.69) is 38.2 Å². The largest absolute Gasteiger partial charge is 0.449 e. The van der Waals surface area contributed by atoms with E-state index in [1.165, 1.54) is 5.56 Å². The highest BCUT2D eigenvalue weighted by Gasteiger charge is 2.37. The van der Waals surface area contributed by atoms with Crippen molar-refractivity contribution in [2.24, 2.45) is 5.41 Å². The number of cyclic esters (lactones) is 1. The molecule has 1 aromatic rings. The number of carbonyl (C=O) groups excluding carboxylic acids is 1. The van der Waals surface area contributed by atoms with Gasteiger partial charge in [0, 0.05) is 5.41 Å². The van der Waals surface area contributed by atoms with Crippen molar-refractivity contribution in [1.82, 2.24) is 5.32 Å². The van der Waals surface area contributed by atoms with Crippen molar-refractivity contribution in [2.45, 2.75) is 26.8 Å².